The summed E-state index contributed by atoms with van der Waals surface area (Å²) in [6.45, 7) is 1.43. The van der Waals surface area contributed by atoms with Crippen molar-refractivity contribution in [3.05, 3.63) is 30.1 Å². The van der Waals surface area contributed by atoms with E-state index >= 15 is 0 Å². The van der Waals surface area contributed by atoms with E-state index in [4.69, 9.17) is 4.74 Å². The first-order valence-corrected chi connectivity index (χ1v) is 6.64. The molecule has 0 saturated carbocycles. The van der Waals surface area contributed by atoms with Crippen molar-refractivity contribution in [1.82, 2.24) is 10.6 Å². The Morgan fingerprint density at radius 3 is 2.62 bits per heavy atom. The van der Waals surface area contributed by atoms with Crippen LogP contribution in [0.3, 0.4) is 0 Å². The fraction of sp³-hybridized carbons (Fsp3) is 0.429. The van der Waals surface area contributed by atoms with Gasteiger partial charge in [-0.1, -0.05) is 0 Å². The maximum atomic E-state index is 12.7. The van der Waals surface area contributed by atoms with E-state index in [1.54, 1.807) is 14.2 Å². The molecule has 0 bridgehead atoms. The van der Waals surface area contributed by atoms with Crippen molar-refractivity contribution in [2.24, 2.45) is 4.99 Å². The maximum absolute atomic E-state index is 12.7. The molecule has 0 saturated heterocycles. The van der Waals surface area contributed by atoms with Gasteiger partial charge in [-0.05, 0) is 30.7 Å². The molecule has 0 unspecified atom stereocenters. The molecule has 1 amide bonds. The summed E-state index contributed by atoms with van der Waals surface area (Å²) in [5, 5.41) is 8.60. The lowest BCUT2D eigenvalue weighted by molar-refractivity contribution is -0.115. The predicted molar refractivity (Wildman–Crippen MR) is 80.9 cm³/mol. The van der Waals surface area contributed by atoms with Gasteiger partial charge in [-0.2, -0.15) is 0 Å². The number of amides is 1. The Bertz CT molecular complexity index is 463. The monoisotopic (exact) mass is 296 g/mol. The van der Waals surface area contributed by atoms with Crippen LogP contribution in [0.5, 0.6) is 0 Å². The predicted octanol–water partition coefficient (Wildman–Crippen LogP) is 0.966. The van der Waals surface area contributed by atoms with E-state index in [0.717, 1.165) is 6.42 Å². The Balaban J connectivity index is 2.28. The lowest BCUT2D eigenvalue weighted by atomic mass is 10.3. The van der Waals surface area contributed by atoms with Crippen molar-refractivity contribution in [3.63, 3.8) is 0 Å². The zero-order valence-electron chi connectivity index (χ0n) is 12.3. The van der Waals surface area contributed by atoms with Gasteiger partial charge < -0.3 is 20.7 Å². The zero-order chi connectivity index (χ0) is 15.5. The van der Waals surface area contributed by atoms with Gasteiger partial charge in [-0.25, -0.2) is 4.39 Å². The number of nitrogens with zero attached hydrogens (tertiary/aromatic N) is 1. The Hall–Kier alpha value is -2.15. The first-order chi connectivity index (χ1) is 10.2. The number of halogens is 1. The SMILES string of the molecule is CN=C(NCCCOC)NCC(=O)Nc1ccc(F)cc1. The van der Waals surface area contributed by atoms with Crippen LogP contribution in [0.1, 0.15) is 6.42 Å². The lowest BCUT2D eigenvalue weighted by Gasteiger charge is -2.11. The van der Waals surface area contributed by atoms with E-state index in [1.165, 1.54) is 24.3 Å². The third kappa shape index (κ3) is 7.26. The fourth-order valence-electron chi connectivity index (χ4n) is 1.55. The molecular formula is C14H21FN4O2. The summed E-state index contributed by atoms with van der Waals surface area (Å²) in [7, 11) is 3.27. The Labute approximate surface area is 123 Å². The molecule has 0 radical (unpaired) electrons. The largest absolute Gasteiger partial charge is 0.385 e. The minimum atomic E-state index is -0.341. The number of benzene rings is 1. The van der Waals surface area contributed by atoms with E-state index in [9.17, 15) is 9.18 Å². The van der Waals surface area contributed by atoms with Gasteiger partial charge in [0.15, 0.2) is 5.96 Å². The summed E-state index contributed by atoms with van der Waals surface area (Å²) in [5.41, 5.74) is 0.547. The summed E-state index contributed by atoms with van der Waals surface area (Å²) >= 11 is 0. The number of carbonyl (C=O) groups is 1. The van der Waals surface area contributed by atoms with Gasteiger partial charge >= 0.3 is 0 Å². The highest BCUT2D eigenvalue weighted by Crippen LogP contribution is 2.07. The fourth-order valence-corrected chi connectivity index (χ4v) is 1.55. The van der Waals surface area contributed by atoms with Crippen LogP contribution in [0.15, 0.2) is 29.3 Å². The van der Waals surface area contributed by atoms with Crippen LogP contribution in [-0.2, 0) is 9.53 Å². The van der Waals surface area contributed by atoms with Crippen LogP contribution in [0.25, 0.3) is 0 Å². The van der Waals surface area contributed by atoms with Gasteiger partial charge in [0.2, 0.25) is 5.91 Å². The molecule has 0 aliphatic heterocycles. The van der Waals surface area contributed by atoms with Crippen LogP contribution in [0, 0.1) is 5.82 Å². The smallest absolute Gasteiger partial charge is 0.243 e. The topological polar surface area (TPSA) is 74.8 Å². The standard InChI is InChI=1S/C14H21FN4O2/c1-16-14(17-8-3-9-21-2)18-10-13(20)19-12-6-4-11(15)5-7-12/h4-7H,3,8-10H2,1-2H3,(H,19,20)(H2,16,17,18). The van der Waals surface area contributed by atoms with Crippen molar-refractivity contribution in [1.29, 1.82) is 0 Å². The average molecular weight is 296 g/mol. The molecule has 6 nitrogen and oxygen atoms in total. The van der Waals surface area contributed by atoms with E-state index < -0.39 is 0 Å². The summed E-state index contributed by atoms with van der Waals surface area (Å²) in [4.78, 5) is 15.7. The van der Waals surface area contributed by atoms with Crippen LogP contribution < -0.4 is 16.0 Å². The highest BCUT2D eigenvalue weighted by molar-refractivity contribution is 5.94. The third-order valence-corrected chi connectivity index (χ3v) is 2.59. The van der Waals surface area contributed by atoms with Gasteiger partial charge in [0.1, 0.15) is 5.82 Å². The number of hydrogen-bond donors (Lipinski definition) is 3. The first kappa shape index (κ1) is 16.9. The number of aliphatic imine (C=N–C) groups is 1. The van der Waals surface area contributed by atoms with E-state index in [0.29, 0.717) is 24.8 Å². The molecule has 1 aromatic carbocycles. The number of guanidine groups is 1. The molecule has 7 heteroatoms. The highest BCUT2D eigenvalue weighted by Gasteiger charge is 2.04. The first-order valence-electron chi connectivity index (χ1n) is 6.64. The molecule has 116 valence electrons. The molecule has 0 aliphatic carbocycles. The summed E-state index contributed by atoms with van der Waals surface area (Å²) in [6.07, 6.45) is 0.846. The number of carbonyl (C=O) groups excluding carboxylic acids is 1. The summed E-state index contributed by atoms with van der Waals surface area (Å²) < 4.78 is 17.7. The molecule has 0 atom stereocenters. The molecule has 1 rings (SSSR count). The van der Waals surface area contributed by atoms with Gasteiger partial charge in [0, 0.05) is 33.0 Å². The van der Waals surface area contributed by atoms with Crippen molar-refractivity contribution in [3.8, 4) is 0 Å². The molecule has 0 aromatic heterocycles. The second-order valence-corrected chi connectivity index (χ2v) is 4.25. The number of methoxy groups -OCH3 is 1. The number of anilines is 1. The van der Waals surface area contributed by atoms with Crippen LogP contribution in [0.4, 0.5) is 10.1 Å². The van der Waals surface area contributed by atoms with Crippen LogP contribution in [-0.4, -0.2) is 45.7 Å². The van der Waals surface area contributed by atoms with E-state index in [1.807, 2.05) is 0 Å². The second kappa shape index (κ2) is 9.71. The van der Waals surface area contributed by atoms with Gasteiger partial charge in [0.25, 0.3) is 0 Å². The van der Waals surface area contributed by atoms with Crippen molar-refractivity contribution >= 4 is 17.6 Å². The molecule has 3 N–H and O–H groups in total. The number of nitrogens with one attached hydrogen (secondary N) is 3. The normalized spacial score (nSPS) is 11.1. The molecule has 0 spiro atoms. The summed E-state index contributed by atoms with van der Waals surface area (Å²) in [5.74, 6) is -0.0337. The second-order valence-electron chi connectivity index (χ2n) is 4.25. The minimum absolute atomic E-state index is 0.0708. The zero-order valence-corrected chi connectivity index (χ0v) is 12.3. The van der Waals surface area contributed by atoms with Crippen LogP contribution in [0.2, 0.25) is 0 Å². The number of rotatable bonds is 7. The molecule has 0 fully saturated rings. The van der Waals surface area contributed by atoms with Crippen molar-refractivity contribution in [2.45, 2.75) is 6.42 Å². The quantitative estimate of drug-likeness (QED) is 0.398. The third-order valence-electron chi connectivity index (χ3n) is 2.59. The van der Waals surface area contributed by atoms with Gasteiger partial charge in [-0.3, -0.25) is 9.79 Å². The molecular weight excluding hydrogens is 275 g/mol. The van der Waals surface area contributed by atoms with Crippen molar-refractivity contribution < 1.29 is 13.9 Å². The molecule has 0 aliphatic rings. The van der Waals surface area contributed by atoms with Crippen LogP contribution >= 0.6 is 0 Å². The maximum Gasteiger partial charge on any atom is 0.243 e. The Kier molecular flexibility index (Phi) is 7.81. The van der Waals surface area contributed by atoms with E-state index in [2.05, 4.69) is 20.9 Å². The summed E-state index contributed by atoms with van der Waals surface area (Å²) in [6, 6.07) is 5.59. The van der Waals surface area contributed by atoms with E-state index in [-0.39, 0.29) is 18.3 Å². The Morgan fingerprint density at radius 1 is 1.29 bits per heavy atom. The minimum Gasteiger partial charge on any atom is -0.385 e. The molecule has 21 heavy (non-hydrogen) atoms. The van der Waals surface area contributed by atoms with Gasteiger partial charge in [0.05, 0.1) is 6.54 Å². The molecule has 0 heterocycles. The average Bonchev–Trinajstić information content (AvgIpc) is 2.49. The van der Waals surface area contributed by atoms with Gasteiger partial charge in [-0.15, -0.1) is 0 Å². The number of ether oxygens (including phenoxy) is 1. The number of hydrogen-bond acceptors (Lipinski definition) is 3. The lowest BCUT2D eigenvalue weighted by Crippen LogP contribution is -2.41. The highest BCUT2D eigenvalue weighted by atomic mass is 19.1. The Morgan fingerprint density at radius 2 is 2.00 bits per heavy atom. The molecule has 1 aromatic rings. The van der Waals surface area contributed by atoms with Crippen molar-refractivity contribution in [2.75, 3.05) is 39.2 Å².